The SMILES string of the molecule is Cc1ccc2c(c1)C(=O)N(C(C)C(=O)OCC(=O)Nc1ccc(C)c(C)c1)C2=O. The van der Waals surface area contributed by atoms with Crippen LogP contribution in [0.15, 0.2) is 36.4 Å². The lowest BCUT2D eigenvalue weighted by atomic mass is 10.1. The Morgan fingerprint density at radius 2 is 1.66 bits per heavy atom. The summed E-state index contributed by atoms with van der Waals surface area (Å²) in [5.41, 5.74) is 4.08. The van der Waals surface area contributed by atoms with Crippen LogP contribution in [0.5, 0.6) is 0 Å². The largest absolute Gasteiger partial charge is 0.454 e. The van der Waals surface area contributed by atoms with E-state index in [2.05, 4.69) is 5.32 Å². The Balaban J connectivity index is 1.61. The molecule has 7 heteroatoms. The van der Waals surface area contributed by atoms with E-state index in [0.717, 1.165) is 21.6 Å². The van der Waals surface area contributed by atoms with Crippen LogP contribution < -0.4 is 5.32 Å². The summed E-state index contributed by atoms with van der Waals surface area (Å²) in [6, 6.07) is 9.22. The average molecular weight is 394 g/mol. The number of nitrogens with one attached hydrogen (secondary N) is 1. The summed E-state index contributed by atoms with van der Waals surface area (Å²) < 4.78 is 5.03. The van der Waals surface area contributed by atoms with Crippen molar-refractivity contribution >= 4 is 29.4 Å². The van der Waals surface area contributed by atoms with E-state index in [0.29, 0.717) is 5.69 Å². The molecule has 0 saturated heterocycles. The summed E-state index contributed by atoms with van der Waals surface area (Å²) in [5.74, 6) is -2.43. The zero-order chi connectivity index (χ0) is 21.3. The standard InChI is InChI=1S/C22H22N2O5/c1-12-5-8-17-18(9-12)21(27)24(20(17)26)15(4)22(28)29-11-19(25)23-16-7-6-13(2)14(3)10-16/h5-10,15H,11H2,1-4H3,(H,23,25). The topological polar surface area (TPSA) is 92.8 Å². The van der Waals surface area contributed by atoms with E-state index in [4.69, 9.17) is 4.74 Å². The minimum Gasteiger partial charge on any atom is -0.454 e. The Morgan fingerprint density at radius 1 is 0.966 bits per heavy atom. The van der Waals surface area contributed by atoms with Crippen LogP contribution in [0.1, 0.15) is 44.3 Å². The number of esters is 1. The second kappa shape index (κ2) is 7.87. The third-order valence-corrected chi connectivity index (χ3v) is 4.94. The van der Waals surface area contributed by atoms with Crippen molar-refractivity contribution in [1.29, 1.82) is 0 Å². The van der Waals surface area contributed by atoms with Gasteiger partial charge >= 0.3 is 5.97 Å². The number of hydrogen-bond acceptors (Lipinski definition) is 5. The Labute approximate surface area is 168 Å². The predicted molar refractivity (Wildman–Crippen MR) is 107 cm³/mol. The van der Waals surface area contributed by atoms with E-state index >= 15 is 0 Å². The van der Waals surface area contributed by atoms with Gasteiger partial charge in [0.25, 0.3) is 17.7 Å². The number of aryl methyl sites for hydroxylation is 3. The monoisotopic (exact) mass is 394 g/mol. The maximum Gasteiger partial charge on any atom is 0.329 e. The van der Waals surface area contributed by atoms with Crippen molar-refractivity contribution in [2.45, 2.75) is 33.7 Å². The fourth-order valence-corrected chi connectivity index (χ4v) is 3.10. The second-order valence-corrected chi connectivity index (χ2v) is 7.16. The Kier molecular flexibility index (Phi) is 5.50. The zero-order valence-electron chi connectivity index (χ0n) is 16.7. The Bertz CT molecular complexity index is 1030. The average Bonchev–Trinajstić information content (AvgIpc) is 2.92. The molecule has 0 aromatic heterocycles. The minimum atomic E-state index is -1.14. The summed E-state index contributed by atoms with van der Waals surface area (Å²) >= 11 is 0. The van der Waals surface area contributed by atoms with Crippen molar-refractivity contribution in [1.82, 2.24) is 4.90 Å². The van der Waals surface area contributed by atoms with Crippen LogP contribution in [0.25, 0.3) is 0 Å². The normalized spacial score (nSPS) is 13.9. The first-order valence-electron chi connectivity index (χ1n) is 9.21. The first kappa shape index (κ1) is 20.3. The van der Waals surface area contributed by atoms with Gasteiger partial charge in [-0.1, -0.05) is 17.7 Å². The van der Waals surface area contributed by atoms with Crippen LogP contribution in [-0.4, -0.2) is 41.2 Å². The fourth-order valence-electron chi connectivity index (χ4n) is 3.10. The summed E-state index contributed by atoms with van der Waals surface area (Å²) in [6.45, 7) is 6.59. The maximum absolute atomic E-state index is 12.6. The van der Waals surface area contributed by atoms with Crippen LogP contribution in [0, 0.1) is 20.8 Å². The highest BCUT2D eigenvalue weighted by molar-refractivity contribution is 6.22. The maximum atomic E-state index is 12.6. The quantitative estimate of drug-likeness (QED) is 0.622. The number of hydrogen-bond donors (Lipinski definition) is 1. The number of carbonyl (C=O) groups is 4. The molecule has 150 valence electrons. The number of imide groups is 1. The lowest BCUT2D eigenvalue weighted by Crippen LogP contribution is -2.44. The molecule has 1 N–H and O–H groups in total. The highest BCUT2D eigenvalue weighted by Gasteiger charge is 2.41. The van der Waals surface area contributed by atoms with Gasteiger partial charge in [0.1, 0.15) is 6.04 Å². The molecule has 2 aromatic rings. The molecule has 3 amide bonds. The number of benzene rings is 2. The first-order chi connectivity index (χ1) is 13.7. The first-order valence-corrected chi connectivity index (χ1v) is 9.21. The molecule has 0 bridgehead atoms. The highest BCUT2D eigenvalue weighted by Crippen LogP contribution is 2.26. The molecule has 7 nitrogen and oxygen atoms in total. The summed E-state index contributed by atoms with van der Waals surface area (Å²) in [7, 11) is 0. The van der Waals surface area contributed by atoms with Crippen LogP contribution in [0.4, 0.5) is 5.69 Å². The fraction of sp³-hybridized carbons (Fsp3) is 0.273. The molecule has 3 rings (SSSR count). The van der Waals surface area contributed by atoms with Gasteiger partial charge in [-0.25, -0.2) is 4.79 Å². The number of amides is 3. The molecular formula is C22H22N2O5. The lowest BCUT2D eigenvalue weighted by Gasteiger charge is -2.20. The Hall–Kier alpha value is -3.48. The molecule has 2 aromatic carbocycles. The van der Waals surface area contributed by atoms with Crippen molar-refractivity contribution in [2.75, 3.05) is 11.9 Å². The predicted octanol–water partition coefficient (Wildman–Crippen LogP) is 2.78. The van der Waals surface area contributed by atoms with Gasteiger partial charge in [0.05, 0.1) is 11.1 Å². The van der Waals surface area contributed by atoms with E-state index in [-0.39, 0.29) is 11.1 Å². The van der Waals surface area contributed by atoms with Gasteiger partial charge in [-0.3, -0.25) is 19.3 Å². The van der Waals surface area contributed by atoms with Crippen LogP contribution in [0.3, 0.4) is 0 Å². The number of nitrogens with zero attached hydrogens (tertiary/aromatic N) is 1. The molecule has 0 radical (unpaired) electrons. The number of anilines is 1. The van der Waals surface area contributed by atoms with Crippen LogP contribution in [-0.2, 0) is 14.3 Å². The molecular weight excluding hydrogens is 372 g/mol. The van der Waals surface area contributed by atoms with Crippen molar-refractivity contribution in [2.24, 2.45) is 0 Å². The van der Waals surface area contributed by atoms with Gasteiger partial charge < -0.3 is 10.1 Å². The Morgan fingerprint density at radius 3 is 2.34 bits per heavy atom. The molecule has 1 atom stereocenters. The molecule has 0 saturated carbocycles. The molecule has 0 fully saturated rings. The lowest BCUT2D eigenvalue weighted by molar-refractivity contribution is -0.150. The summed E-state index contributed by atoms with van der Waals surface area (Å²) in [5, 5.41) is 2.65. The van der Waals surface area contributed by atoms with Gasteiger partial charge in [0, 0.05) is 5.69 Å². The molecule has 29 heavy (non-hydrogen) atoms. The van der Waals surface area contributed by atoms with Crippen molar-refractivity contribution in [3.63, 3.8) is 0 Å². The van der Waals surface area contributed by atoms with Crippen molar-refractivity contribution < 1.29 is 23.9 Å². The van der Waals surface area contributed by atoms with E-state index in [9.17, 15) is 19.2 Å². The van der Waals surface area contributed by atoms with E-state index in [1.54, 1.807) is 24.3 Å². The van der Waals surface area contributed by atoms with Crippen LogP contribution in [0.2, 0.25) is 0 Å². The van der Waals surface area contributed by atoms with Gasteiger partial charge in [0.2, 0.25) is 0 Å². The van der Waals surface area contributed by atoms with Gasteiger partial charge in [-0.05, 0) is 63.1 Å². The molecule has 0 spiro atoms. The van der Waals surface area contributed by atoms with E-state index in [1.165, 1.54) is 6.92 Å². The number of rotatable bonds is 5. The smallest absolute Gasteiger partial charge is 0.329 e. The van der Waals surface area contributed by atoms with Gasteiger partial charge in [0.15, 0.2) is 6.61 Å². The summed E-state index contributed by atoms with van der Waals surface area (Å²) in [4.78, 5) is 50.4. The second-order valence-electron chi connectivity index (χ2n) is 7.16. The van der Waals surface area contributed by atoms with Crippen molar-refractivity contribution in [3.8, 4) is 0 Å². The van der Waals surface area contributed by atoms with E-state index in [1.807, 2.05) is 32.9 Å². The van der Waals surface area contributed by atoms with Crippen LogP contribution >= 0.6 is 0 Å². The number of ether oxygens (including phenoxy) is 1. The summed E-state index contributed by atoms with van der Waals surface area (Å²) in [6.07, 6.45) is 0. The third kappa shape index (κ3) is 4.03. The minimum absolute atomic E-state index is 0.257. The molecule has 1 aliphatic rings. The van der Waals surface area contributed by atoms with Gasteiger partial charge in [-0.15, -0.1) is 0 Å². The molecule has 1 unspecified atom stereocenters. The van der Waals surface area contributed by atoms with E-state index < -0.39 is 36.3 Å². The number of fused-ring (bicyclic) bond motifs is 1. The van der Waals surface area contributed by atoms with Crippen molar-refractivity contribution in [3.05, 3.63) is 64.2 Å². The molecule has 1 heterocycles. The molecule has 0 aliphatic carbocycles. The molecule has 1 aliphatic heterocycles. The highest BCUT2D eigenvalue weighted by atomic mass is 16.5. The van der Waals surface area contributed by atoms with Gasteiger partial charge in [-0.2, -0.15) is 0 Å². The third-order valence-electron chi connectivity index (χ3n) is 4.94. The zero-order valence-corrected chi connectivity index (χ0v) is 16.7. The number of carbonyl (C=O) groups excluding carboxylic acids is 4.